The molecule has 0 saturated heterocycles. The van der Waals surface area contributed by atoms with E-state index in [-0.39, 0.29) is 17.3 Å². The minimum Gasteiger partial charge on any atom is -0.315 e. The standard InChI is InChI=1S/C7H9BrN4O/c1-10-11-6-5(9)4(8)3-12(2)7(6)13/h3,9-10H,1-2H3/b9-5?,11-6+. The third-order valence-corrected chi connectivity index (χ3v) is 2.13. The molecule has 1 aliphatic heterocycles. The molecule has 5 nitrogen and oxygen atoms in total. The van der Waals surface area contributed by atoms with Crippen LogP contribution in [0.25, 0.3) is 0 Å². The number of nitrogens with zero attached hydrogens (tertiary/aromatic N) is 2. The molecule has 0 aliphatic carbocycles. The van der Waals surface area contributed by atoms with Gasteiger partial charge in [-0.2, -0.15) is 5.10 Å². The second-order valence-corrected chi connectivity index (χ2v) is 3.31. The van der Waals surface area contributed by atoms with Crippen LogP contribution in [-0.4, -0.2) is 36.3 Å². The smallest absolute Gasteiger partial charge is 0.280 e. The van der Waals surface area contributed by atoms with Gasteiger partial charge in [0.1, 0.15) is 5.71 Å². The Morgan fingerprint density at radius 1 is 1.69 bits per heavy atom. The van der Waals surface area contributed by atoms with Crippen molar-refractivity contribution in [2.45, 2.75) is 0 Å². The molecule has 0 aromatic heterocycles. The Morgan fingerprint density at radius 3 is 2.85 bits per heavy atom. The number of amides is 1. The maximum atomic E-state index is 11.4. The average Bonchev–Trinajstić information content (AvgIpc) is 2.09. The minimum absolute atomic E-state index is 0.0949. The Labute approximate surface area is 84.1 Å². The number of carbonyl (C=O) groups is 1. The quantitative estimate of drug-likeness (QED) is 0.652. The lowest BCUT2D eigenvalue weighted by atomic mass is 10.1. The average molecular weight is 245 g/mol. The van der Waals surface area contributed by atoms with Crippen LogP contribution in [0.5, 0.6) is 0 Å². The zero-order chi connectivity index (χ0) is 10.0. The van der Waals surface area contributed by atoms with E-state index in [0.717, 1.165) is 0 Å². The Morgan fingerprint density at radius 2 is 2.31 bits per heavy atom. The minimum atomic E-state index is -0.289. The number of hydrogen-bond donors (Lipinski definition) is 2. The molecule has 13 heavy (non-hydrogen) atoms. The molecule has 0 radical (unpaired) electrons. The van der Waals surface area contributed by atoms with Gasteiger partial charge in [0, 0.05) is 20.3 Å². The molecule has 2 N–H and O–H groups in total. The molecule has 70 valence electrons. The van der Waals surface area contributed by atoms with Gasteiger partial charge in [-0.05, 0) is 15.9 Å². The summed E-state index contributed by atoms with van der Waals surface area (Å²) in [7, 11) is 3.20. The molecular weight excluding hydrogens is 236 g/mol. The molecule has 0 aromatic carbocycles. The van der Waals surface area contributed by atoms with Crippen molar-refractivity contribution < 1.29 is 4.79 Å². The molecule has 1 aliphatic rings. The molecule has 0 aromatic rings. The van der Waals surface area contributed by atoms with E-state index in [1.807, 2.05) is 0 Å². The van der Waals surface area contributed by atoms with E-state index in [2.05, 4.69) is 26.5 Å². The van der Waals surface area contributed by atoms with Crippen molar-refractivity contribution in [1.82, 2.24) is 10.3 Å². The second-order valence-electron chi connectivity index (χ2n) is 2.45. The third-order valence-electron chi connectivity index (χ3n) is 1.53. The van der Waals surface area contributed by atoms with Gasteiger partial charge in [-0.1, -0.05) is 0 Å². The molecule has 0 unspecified atom stereocenters. The van der Waals surface area contributed by atoms with Crippen LogP contribution in [-0.2, 0) is 4.79 Å². The molecule has 1 amide bonds. The first kappa shape index (κ1) is 9.91. The van der Waals surface area contributed by atoms with Gasteiger partial charge in [0.05, 0.1) is 4.48 Å². The van der Waals surface area contributed by atoms with Crippen LogP contribution < -0.4 is 5.43 Å². The zero-order valence-corrected chi connectivity index (χ0v) is 8.84. The Kier molecular flexibility index (Phi) is 2.82. The van der Waals surface area contributed by atoms with Gasteiger partial charge in [0.15, 0.2) is 5.71 Å². The summed E-state index contributed by atoms with van der Waals surface area (Å²) in [6.07, 6.45) is 1.54. The monoisotopic (exact) mass is 244 g/mol. The van der Waals surface area contributed by atoms with Crippen LogP contribution in [0.1, 0.15) is 0 Å². The maximum Gasteiger partial charge on any atom is 0.280 e. The number of hydrogen-bond acceptors (Lipinski definition) is 4. The van der Waals surface area contributed by atoms with Gasteiger partial charge in [-0.3, -0.25) is 10.2 Å². The van der Waals surface area contributed by atoms with Crippen LogP contribution in [0.3, 0.4) is 0 Å². The highest BCUT2D eigenvalue weighted by Crippen LogP contribution is 2.14. The fourth-order valence-electron chi connectivity index (χ4n) is 0.896. The molecule has 0 fully saturated rings. The number of halogens is 1. The molecule has 6 heteroatoms. The van der Waals surface area contributed by atoms with Crippen LogP contribution in [0, 0.1) is 5.41 Å². The number of hydrazone groups is 1. The first-order valence-corrected chi connectivity index (χ1v) is 4.35. The Balaban J connectivity index is 3.12. The number of rotatable bonds is 1. The van der Waals surface area contributed by atoms with Gasteiger partial charge in [0.25, 0.3) is 5.91 Å². The lowest BCUT2D eigenvalue weighted by Crippen LogP contribution is -2.39. The number of nitrogens with one attached hydrogen (secondary N) is 2. The van der Waals surface area contributed by atoms with Crippen molar-refractivity contribution in [2.75, 3.05) is 14.1 Å². The molecule has 1 rings (SSSR count). The summed E-state index contributed by atoms with van der Waals surface area (Å²) in [4.78, 5) is 12.8. The summed E-state index contributed by atoms with van der Waals surface area (Å²) in [6.45, 7) is 0. The molecule has 0 bridgehead atoms. The van der Waals surface area contributed by atoms with E-state index < -0.39 is 0 Å². The highest BCUT2D eigenvalue weighted by atomic mass is 79.9. The van der Waals surface area contributed by atoms with Crippen molar-refractivity contribution in [3.63, 3.8) is 0 Å². The van der Waals surface area contributed by atoms with Gasteiger partial charge < -0.3 is 10.3 Å². The Bertz CT molecular complexity index is 320. The van der Waals surface area contributed by atoms with Crippen molar-refractivity contribution in [3.05, 3.63) is 10.7 Å². The third kappa shape index (κ3) is 1.77. The highest BCUT2D eigenvalue weighted by Gasteiger charge is 2.26. The summed E-state index contributed by atoms with van der Waals surface area (Å²) < 4.78 is 0.545. The lowest BCUT2D eigenvalue weighted by molar-refractivity contribution is -0.120. The summed E-state index contributed by atoms with van der Waals surface area (Å²) in [5.74, 6) is -0.289. The molecule has 0 atom stereocenters. The molecule has 0 saturated carbocycles. The van der Waals surface area contributed by atoms with Crippen LogP contribution in [0.2, 0.25) is 0 Å². The summed E-state index contributed by atoms with van der Waals surface area (Å²) >= 11 is 3.17. The van der Waals surface area contributed by atoms with Gasteiger partial charge in [-0.25, -0.2) is 0 Å². The van der Waals surface area contributed by atoms with Crippen LogP contribution in [0.4, 0.5) is 0 Å². The largest absolute Gasteiger partial charge is 0.315 e. The summed E-state index contributed by atoms with van der Waals surface area (Å²) in [5.41, 5.74) is 2.70. The van der Waals surface area contributed by atoms with E-state index in [4.69, 9.17) is 5.41 Å². The fraction of sp³-hybridized carbons (Fsp3) is 0.286. The molecule has 0 spiro atoms. The van der Waals surface area contributed by atoms with E-state index >= 15 is 0 Å². The topological polar surface area (TPSA) is 68.6 Å². The zero-order valence-electron chi connectivity index (χ0n) is 7.26. The predicted molar refractivity (Wildman–Crippen MR) is 54.0 cm³/mol. The van der Waals surface area contributed by atoms with E-state index in [9.17, 15) is 4.79 Å². The van der Waals surface area contributed by atoms with Crippen molar-refractivity contribution >= 4 is 33.3 Å². The second kappa shape index (κ2) is 3.69. The van der Waals surface area contributed by atoms with Crippen LogP contribution in [0.15, 0.2) is 15.8 Å². The van der Waals surface area contributed by atoms with Gasteiger partial charge >= 0.3 is 0 Å². The normalized spacial score (nSPS) is 20.7. The van der Waals surface area contributed by atoms with Crippen LogP contribution >= 0.6 is 15.9 Å². The van der Waals surface area contributed by atoms with Crippen molar-refractivity contribution in [2.24, 2.45) is 5.10 Å². The van der Waals surface area contributed by atoms with Crippen molar-refractivity contribution in [3.8, 4) is 0 Å². The van der Waals surface area contributed by atoms with Gasteiger partial charge in [-0.15, -0.1) is 0 Å². The maximum absolute atomic E-state index is 11.4. The number of carbonyl (C=O) groups excluding carboxylic acids is 1. The van der Waals surface area contributed by atoms with Gasteiger partial charge in [0.2, 0.25) is 0 Å². The van der Waals surface area contributed by atoms with Crippen molar-refractivity contribution in [1.29, 1.82) is 5.41 Å². The fourth-order valence-corrected chi connectivity index (χ4v) is 1.39. The van der Waals surface area contributed by atoms with E-state index in [1.165, 1.54) is 4.90 Å². The van der Waals surface area contributed by atoms with E-state index in [1.54, 1.807) is 20.3 Å². The highest BCUT2D eigenvalue weighted by molar-refractivity contribution is 9.12. The summed E-state index contributed by atoms with van der Waals surface area (Å²) in [6, 6.07) is 0. The first-order valence-electron chi connectivity index (χ1n) is 3.56. The predicted octanol–water partition coefficient (Wildman–Crippen LogP) is 0.290. The summed E-state index contributed by atoms with van der Waals surface area (Å²) in [5, 5.41) is 11.3. The SMILES string of the molecule is CN/N=C1\C(=N)C(Br)=CN(C)C1=O. The first-order chi connectivity index (χ1) is 6.07. The van der Waals surface area contributed by atoms with E-state index in [0.29, 0.717) is 4.48 Å². The number of allylic oxidation sites excluding steroid dienone is 1. The lowest BCUT2D eigenvalue weighted by Gasteiger charge is -2.19. The Hall–Kier alpha value is -1.17. The molecule has 1 heterocycles. The molecular formula is C7H9BrN4O.